The maximum Gasteiger partial charge on any atom is -1.00 e. The average Bonchev–Trinajstić information content (AvgIpc) is 2.07. The molecule has 0 bridgehead atoms. The monoisotopic (exact) mass is 369 g/mol. The van der Waals surface area contributed by atoms with E-state index in [1.807, 2.05) is 0 Å². The molecule has 0 N–H and O–H groups in total. The molecule has 1 aliphatic carbocycles. The van der Waals surface area contributed by atoms with Gasteiger partial charge < -0.3 is 34.0 Å². The summed E-state index contributed by atoms with van der Waals surface area (Å²) < 4.78 is 1.64. The van der Waals surface area contributed by atoms with Crippen LogP contribution in [0.15, 0.2) is 20.0 Å². The first-order valence-corrected chi connectivity index (χ1v) is 4.88. The van der Waals surface area contributed by atoms with Crippen molar-refractivity contribution in [3.63, 3.8) is 0 Å². The molecule has 0 radical (unpaired) electrons. The molecule has 0 aromatic carbocycles. The number of halogens is 2. The molecule has 0 saturated heterocycles. The fraction of sp³-hybridized carbons (Fsp3) is 0.556. The van der Waals surface area contributed by atoms with Crippen LogP contribution in [0, 0.1) is 5.92 Å². The molecule has 0 fully saturated rings. The summed E-state index contributed by atoms with van der Waals surface area (Å²) in [4.78, 5) is 0. The topological polar surface area (TPSA) is 0 Å². The Morgan fingerprint density at radius 3 is 1.50 bits per heavy atom. The largest absolute Gasteiger partial charge is 1.00 e. The van der Waals surface area contributed by atoms with Gasteiger partial charge in [0.15, 0.2) is 0 Å². The minimum atomic E-state index is 0. The molecule has 0 amide bonds. The fourth-order valence-electron chi connectivity index (χ4n) is 1.36. The summed E-state index contributed by atoms with van der Waals surface area (Å²) >= 11 is 1.59. The fourth-order valence-corrected chi connectivity index (χ4v) is 2.36. The van der Waals surface area contributed by atoms with Crippen LogP contribution in [0.2, 0.25) is 0 Å². The van der Waals surface area contributed by atoms with Gasteiger partial charge in [0.05, 0.1) is 0 Å². The molecule has 0 spiro atoms. The van der Waals surface area contributed by atoms with Crippen LogP contribution in [0.4, 0.5) is 0 Å². The van der Waals surface area contributed by atoms with Gasteiger partial charge in [-0.05, 0) is 0 Å². The van der Waals surface area contributed by atoms with Gasteiger partial charge in [-0.1, -0.05) is 0 Å². The maximum absolute atomic E-state index is 2.30. The van der Waals surface area contributed by atoms with Gasteiger partial charge in [0.2, 0.25) is 0 Å². The van der Waals surface area contributed by atoms with E-state index in [1.54, 1.807) is 39.1 Å². The minimum absolute atomic E-state index is 0. The standard InChI is InChI=1S/C9H13.2BrH.Zr/c1-6-5-7(2)9(4)8(6)3;;;/h6H,1-4H3;2*1H;/q;;;+2/p-2. The van der Waals surface area contributed by atoms with Crippen molar-refractivity contribution < 1.29 is 58.7 Å². The molecule has 67 valence electrons. The third-order valence-corrected chi connectivity index (χ3v) is 4.63. The molecule has 0 aromatic heterocycles. The van der Waals surface area contributed by atoms with E-state index in [9.17, 15) is 0 Å². The van der Waals surface area contributed by atoms with E-state index in [0.717, 1.165) is 5.92 Å². The Labute approximate surface area is 111 Å². The van der Waals surface area contributed by atoms with E-state index in [1.165, 1.54) is 5.57 Å². The SMILES string of the molecule is CC1=C(C)C(C)[C]([Zr+2])=C1C.[Br-].[Br-]. The molecule has 12 heavy (non-hydrogen) atoms. The van der Waals surface area contributed by atoms with Crippen LogP contribution in [-0.2, 0) is 24.7 Å². The molecule has 0 aromatic rings. The molecule has 1 unspecified atom stereocenters. The summed E-state index contributed by atoms with van der Waals surface area (Å²) in [5.74, 6) is 0.734. The minimum Gasteiger partial charge on any atom is -1.00 e. The van der Waals surface area contributed by atoms with Crippen LogP contribution in [0.3, 0.4) is 0 Å². The molecule has 3 heteroatoms. The van der Waals surface area contributed by atoms with Gasteiger partial charge in [-0.2, -0.15) is 0 Å². The summed E-state index contributed by atoms with van der Waals surface area (Å²) in [6, 6.07) is 0. The van der Waals surface area contributed by atoms with E-state index in [0.29, 0.717) is 0 Å². The third-order valence-electron chi connectivity index (χ3n) is 2.64. The smallest absolute Gasteiger partial charge is 1.00 e. The van der Waals surface area contributed by atoms with Crippen molar-refractivity contribution in [3.05, 3.63) is 20.0 Å². The zero-order valence-electron chi connectivity index (χ0n) is 7.83. The van der Waals surface area contributed by atoms with Crippen molar-refractivity contribution in [1.29, 1.82) is 0 Å². The van der Waals surface area contributed by atoms with Crippen LogP contribution in [0.5, 0.6) is 0 Å². The van der Waals surface area contributed by atoms with Crippen molar-refractivity contribution >= 4 is 0 Å². The van der Waals surface area contributed by atoms with Crippen LogP contribution in [-0.4, -0.2) is 0 Å². The van der Waals surface area contributed by atoms with Gasteiger partial charge in [0, 0.05) is 0 Å². The molecule has 0 saturated carbocycles. The zero-order chi connectivity index (χ0) is 7.89. The van der Waals surface area contributed by atoms with E-state index < -0.39 is 0 Å². The molecular formula is C9H13Br2Zr. The van der Waals surface area contributed by atoms with Crippen LogP contribution in [0.1, 0.15) is 27.7 Å². The number of allylic oxidation sites excluding steroid dienone is 4. The van der Waals surface area contributed by atoms with Crippen molar-refractivity contribution in [1.82, 2.24) is 0 Å². The van der Waals surface area contributed by atoms with Crippen molar-refractivity contribution in [3.8, 4) is 0 Å². The van der Waals surface area contributed by atoms with Crippen molar-refractivity contribution in [2.45, 2.75) is 27.7 Å². The van der Waals surface area contributed by atoms with E-state index >= 15 is 0 Å². The maximum atomic E-state index is 2.30. The first-order chi connectivity index (χ1) is 4.55. The Kier molecular flexibility index (Phi) is 7.80. The number of hydrogen-bond acceptors (Lipinski definition) is 0. The van der Waals surface area contributed by atoms with Crippen LogP contribution < -0.4 is 34.0 Å². The van der Waals surface area contributed by atoms with Crippen molar-refractivity contribution in [2.24, 2.45) is 5.92 Å². The molecule has 0 nitrogen and oxygen atoms in total. The summed E-state index contributed by atoms with van der Waals surface area (Å²) in [6.45, 7) is 9.03. The molecule has 1 aliphatic rings. The van der Waals surface area contributed by atoms with E-state index in [4.69, 9.17) is 0 Å². The number of hydrogen-bond donors (Lipinski definition) is 0. The quantitative estimate of drug-likeness (QED) is 0.421. The molecular weight excluding hydrogens is 359 g/mol. The second kappa shape index (κ2) is 5.93. The van der Waals surface area contributed by atoms with E-state index in [-0.39, 0.29) is 34.0 Å². The number of rotatable bonds is 0. The molecule has 0 heterocycles. The van der Waals surface area contributed by atoms with Gasteiger partial charge >= 0.3 is 78.3 Å². The zero-order valence-corrected chi connectivity index (χ0v) is 13.5. The first-order valence-electron chi connectivity index (χ1n) is 3.65. The van der Waals surface area contributed by atoms with Gasteiger partial charge in [0.25, 0.3) is 0 Å². The summed E-state index contributed by atoms with van der Waals surface area (Å²) in [5, 5.41) is 0. The predicted molar refractivity (Wildman–Crippen MR) is 40.2 cm³/mol. The first kappa shape index (κ1) is 15.8. The second-order valence-corrected chi connectivity index (χ2v) is 4.39. The Hall–Kier alpha value is 1.32. The van der Waals surface area contributed by atoms with Crippen LogP contribution in [0.25, 0.3) is 0 Å². The average molecular weight is 372 g/mol. The Morgan fingerprint density at radius 1 is 1.00 bits per heavy atom. The van der Waals surface area contributed by atoms with Gasteiger partial charge in [-0.25, -0.2) is 0 Å². The van der Waals surface area contributed by atoms with E-state index in [2.05, 4.69) is 27.7 Å². The summed E-state index contributed by atoms with van der Waals surface area (Å²) in [5.41, 5.74) is 4.65. The molecule has 1 rings (SSSR count). The van der Waals surface area contributed by atoms with Gasteiger partial charge in [0.1, 0.15) is 0 Å². The van der Waals surface area contributed by atoms with Gasteiger partial charge in [-0.3, -0.25) is 0 Å². The van der Waals surface area contributed by atoms with Crippen LogP contribution >= 0.6 is 0 Å². The third kappa shape index (κ3) is 2.65. The normalized spacial score (nSPS) is 22.3. The Balaban J connectivity index is 0. The van der Waals surface area contributed by atoms with Gasteiger partial charge in [-0.15, -0.1) is 0 Å². The Morgan fingerprint density at radius 2 is 1.42 bits per heavy atom. The Bertz CT molecular complexity index is 205. The second-order valence-electron chi connectivity index (χ2n) is 3.07. The molecule has 1 atom stereocenters. The predicted octanol–water partition coefficient (Wildman–Crippen LogP) is -3.20. The summed E-state index contributed by atoms with van der Waals surface area (Å²) in [7, 11) is 0. The molecule has 0 aliphatic heterocycles. The summed E-state index contributed by atoms with van der Waals surface area (Å²) in [6.07, 6.45) is 0. The van der Waals surface area contributed by atoms with Crippen molar-refractivity contribution in [2.75, 3.05) is 0 Å².